The van der Waals surface area contributed by atoms with Gasteiger partial charge in [0.15, 0.2) is 0 Å². The number of alkyl halides is 3. The van der Waals surface area contributed by atoms with Crippen LogP contribution in [0.3, 0.4) is 0 Å². The lowest BCUT2D eigenvalue weighted by Gasteiger charge is -2.08. The number of halogens is 3. The molecule has 0 radical (unpaired) electrons. The fraction of sp³-hybridized carbons (Fsp3) is 0.357. The molecule has 20 heavy (non-hydrogen) atoms. The Labute approximate surface area is 114 Å². The maximum absolute atomic E-state index is 12.5. The second-order valence-electron chi connectivity index (χ2n) is 3.93. The Bertz CT molecular complexity index is 603. The maximum Gasteiger partial charge on any atom is 0.417 e. The SMILES string of the molecule is CCNCC.O=c1cc(C(F)(F)F)c2ccccc2o1. The Kier molecular flexibility index (Phi) is 5.76. The van der Waals surface area contributed by atoms with Crippen LogP contribution < -0.4 is 10.9 Å². The fourth-order valence-electron chi connectivity index (χ4n) is 1.60. The van der Waals surface area contributed by atoms with Crippen LogP contribution in [-0.4, -0.2) is 13.1 Å². The van der Waals surface area contributed by atoms with Crippen LogP contribution >= 0.6 is 0 Å². The number of nitrogens with one attached hydrogen (secondary N) is 1. The molecule has 2 aromatic rings. The van der Waals surface area contributed by atoms with Gasteiger partial charge in [-0.15, -0.1) is 0 Å². The van der Waals surface area contributed by atoms with E-state index in [2.05, 4.69) is 23.6 Å². The van der Waals surface area contributed by atoms with E-state index in [1.807, 2.05) is 0 Å². The van der Waals surface area contributed by atoms with Gasteiger partial charge in [0.25, 0.3) is 0 Å². The van der Waals surface area contributed by atoms with E-state index in [0.717, 1.165) is 13.1 Å². The smallest absolute Gasteiger partial charge is 0.417 e. The zero-order chi connectivity index (χ0) is 15.2. The molecule has 1 N–H and O–H groups in total. The monoisotopic (exact) mass is 287 g/mol. The Balaban J connectivity index is 0.000000347. The molecule has 6 heteroatoms. The molecule has 1 heterocycles. The van der Waals surface area contributed by atoms with E-state index < -0.39 is 17.4 Å². The summed E-state index contributed by atoms with van der Waals surface area (Å²) >= 11 is 0. The molecule has 2 rings (SSSR count). The zero-order valence-electron chi connectivity index (χ0n) is 11.3. The molecule has 0 atom stereocenters. The van der Waals surface area contributed by atoms with Gasteiger partial charge in [0.1, 0.15) is 5.58 Å². The molecule has 1 aromatic carbocycles. The summed E-state index contributed by atoms with van der Waals surface area (Å²) in [7, 11) is 0. The molecular formula is C14H16F3NO2. The number of hydrogen-bond acceptors (Lipinski definition) is 3. The van der Waals surface area contributed by atoms with Gasteiger partial charge in [0, 0.05) is 11.5 Å². The third-order valence-corrected chi connectivity index (χ3v) is 2.46. The lowest BCUT2D eigenvalue weighted by molar-refractivity contribution is -0.136. The first-order valence-corrected chi connectivity index (χ1v) is 6.21. The highest BCUT2D eigenvalue weighted by molar-refractivity contribution is 5.80. The summed E-state index contributed by atoms with van der Waals surface area (Å²) in [5.41, 5.74) is -2.02. The van der Waals surface area contributed by atoms with Crippen molar-refractivity contribution < 1.29 is 17.6 Å². The van der Waals surface area contributed by atoms with Crippen molar-refractivity contribution in [2.24, 2.45) is 0 Å². The summed E-state index contributed by atoms with van der Waals surface area (Å²) in [5.74, 6) is 0. The molecule has 3 nitrogen and oxygen atoms in total. The first-order chi connectivity index (χ1) is 9.40. The third-order valence-electron chi connectivity index (χ3n) is 2.46. The molecule has 0 saturated carbocycles. The molecule has 0 unspecified atom stereocenters. The Morgan fingerprint density at radius 1 is 1.15 bits per heavy atom. The summed E-state index contributed by atoms with van der Waals surface area (Å²) in [5, 5.41) is 3.00. The van der Waals surface area contributed by atoms with Crippen molar-refractivity contribution in [3.63, 3.8) is 0 Å². The van der Waals surface area contributed by atoms with Gasteiger partial charge < -0.3 is 9.73 Å². The van der Waals surface area contributed by atoms with Crippen LogP contribution in [0.5, 0.6) is 0 Å². The minimum atomic E-state index is -4.55. The number of hydrogen-bond donors (Lipinski definition) is 1. The molecule has 1 aromatic heterocycles. The maximum atomic E-state index is 12.5. The first kappa shape index (κ1) is 16.2. The minimum Gasteiger partial charge on any atom is -0.423 e. The fourth-order valence-corrected chi connectivity index (χ4v) is 1.60. The highest BCUT2D eigenvalue weighted by atomic mass is 19.4. The Morgan fingerprint density at radius 2 is 1.75 bits per heavy atom. The Hall–Kier alpha value is -1.82. The molecule has 0 aliphatic heterocycles. The summed E-state index contributed by atoms with van der Waals surface area (Å²) in [6, 6.07) is 6.01. The van der Waals surface area contributed by atoms with Gasteiger partial charge in [-0.25, -0.2) is 4.79 Å². The van der Waals surface area contributed by atoms with Crippen molar-refractivity contribution in [1.82, 2.24) is 5.32 Å². The Morgan fingerprint density at radius 3 is 2.25 bits per heavy atom. The van der Waals surface area contributed by atoms with E-state index in [1.165, 1.54) is 24.3 Å². The summed E-state index contributed by atoms with van der Waals surface area (Å²) in [6.45, 7) is 6.39. The molecule has 0 amide bonds. The van der Waals surface area contributed by atoms with E-state index in [1.54, 1.807) is 0 Å². The van der Waals surface area contributed by atoms with Gasteiger partial charge >= 0.3 is 11.8 Å². The van der Waals surface area contributed by atoms with E-state index in [4.69, 9.17) is 0 Å². The van der Waals surface area contributed by atoms with E-state index in [9.17, 15) is 18.0 Å². The third kappa shape index (κ3) is 4.38. The van der Waals surface area contributed by atoms with Gasteiger partial charge in [-0.3, -0.25) is 0 Å². The van der Waals surface area contributed by atoms with E-state index >= 15 is 0 Å². The van der Waals surface area contributed by atoms with Crippen molar-refractivity contribution in [1.29, 1.82) is 0 Å². The second-order valence-corrected chi connectivity index (χ2v) is 3.93. The molecular weight excluding hydrogens is 271 g/mol. The molecule has 0 aliphatic rings. The topological polar surface area (TPSA) is 42.2 Å². The average molecular weight is 287 g/mol. The summed E-state index contributed by atoms with van der Waals surface area (Å²) < 4.78 is 42.2. The predicted octanol–water partition coefficient (Wildman–Crippen LogP) is 3.43. The molecule has 0 fully saturated rings. The normalized spacial score (nSPS) is 11.1. The quantitative estimate of drug-likeness (QED) is 0.860. The van der Waals surface area contributed by atoms with Crippen LogP contribution in [0.25, 0.3) is 11.0 Å². The van der Waals surface area contributed by atoms with Crippen LogP contribution in [-0.2, 0) is 6.18 Å². The number of benzene rings is 1. The van der Waals surface area contributed by atoms with E-state index in [0.29, 0.717) is 6.07 Å². The van der Waals surface area contributed by atoms with Crippen molar-refractivity contribution >= 4 is 11.0 Å². The second kappa shape index (κ2) is 7.09. The van der Waals surface area contributed by atoms with Gasteiger partial charge in [-0.05, 0) is 19.2 Å². The number of rotatable bonds is 2. The van der Waals surface area contributed by atoms with Crippen molar-refractivity contribution in [2.45, 2.75) is 20.0 Å². The number of para-hydroxylation sites is 1. The summed E-state index contributed by atoms with van der Waals surface area (Å²) in [6.07, 6.45) is -4.55. The van der Waals surface area contributed by atoms with Crippen LogP contribution in [0.1, 0.15) is 19.4 Å². The highest BCUT2D eigenvalue weighted by Crippen LogP contribution is 2.33. The van der Waals surface area contributed by atoms with Crippen LogP contribution in [0.4, 0.5) is 13.2 Å². The largest absolute Gasteiger partial charge is 0.423 e. The summed E-state index contributed by atoms with van der Waals surface area (Å²) in [4.78, 5) is 10.9. The molecule has 110 valence electrons. The molecule has 0 bridgehead atoms. The van der Waals surface area contributed by atoms with E-state index in [-0.39, 0.29) is 11.0 Å². The lowest BCUT2D eigenvalue weighted by Crippen LogP contribution is -2.10. The molecule has 0 spiro atoms. The van der Waals surface area contributed by atoms with Gasteiger partial charge in [0.2, 0.25) is 0 Å². The van der Waals surface area contributed by atoms with Crippen molar-refractivity contribution in [2.75, 3.05) is 13.1 Å². The lowest BCUT2D eigenvalue weighted by atomic mass is 10.1. The molecule has 0 aliphatic carbocycles. The minimum absolute atomic E-state index is 0.0580. The first-order valence-electron chi connectivity index (χ1n) is 6.21. The van der Waals surface area contributed by atoms with Crippen LogP contribution in [0.2, 0.25) is 0 Å². The van der Waals surface area contributed by atoms with Crippen molar-refractivity contribution in [3.05, 3.63) is 46.3 Å². The zero-order valence-corrected chi connectivity index (χ0v) is 11.3. The van der Waals surface area contributed by atoms with Gasteiger partial charge in [-0.1, -0.05) is 32.0 Å². The van der Waals surface area contributed by atoms with Gasteiger partial charge in [0.05, 0.1) is 5.56 Å². The predicted molar refractivity (Wildman–Crippen MR) is 71.7 cm³/mol. The van der Waals surface area contributed by atoms with Crippen LogP contribution in [0, 0.1) is 0 Å². The average Bonchev–Trinajstić information content (AvgIpc) is 2.38. The van der Waals surface area contributed by atoms with Crippen LogP contribution in [0.15, 0.2) is 39.5 Å². The molecule has 0 saturated heterocycles. The van der Waals surface area contributed by atoms with Crippen molar-refractivity contribution in [3.8, 4) is 0 Å². The number of fused-ring (bicyclic) bond motifs is 1. The van der Waals surface area contributed by atoms with Gasteiger partial charge in [-0.2, -0.15) is 13.2 Å². The standard InChI is InChI=1S/C10H5F3O2.C4H11N/c11-10(12,13)7-5-9(14)15-8-4-2-1-3-6(7)8;1-3-5-4-2/h1-5H;5H,3-4H2,1-2H3. The highest BCUT2D eigenvalue weighted by Gasteiger charge is 2.33.